The van der Waals surface area contributed by atoms with Crippen molar-refractivity contribution in [3.8, 4) is 0 Å². The minimum absolute atomic E-state index is 0.0207. The summed E-state index contributed by atoms with van der Waals surface area (Å²) in [7, 11) is 0. The third-order valence-corrected chi connectivity index (χ3v) is 2.98. The van der Waals surface area contributed by atoms with Crippen LogP contribution in [-0.2, 0) is 0 Å². The second kappa shape index (κ2) is 8.22. The monoisotopic (exact) mass is 306 g/mol. The van der Waals surface area contributed by atoms with Crippen LogP contribution in [0.2, 0.25) is 10.0 Å². The second-order valence-corrected chi connectivity index (χ2v) is 4.69. The van der Waals surface area contributed by atoms with Gasteiger partial charge in [0.1, 0.15) is 0 Å². The fourth-order valence-electron chi connectivity index (χ4n) is 1.48. The molecule has 0 bridgehead atoms. The first kappa shape index (κ1) is 16.0. The molecule has 0 unspecified atom stereocenters. The Morgan fingerprint density at radius 1 is 1.21 bits per heavy atom. The lowest BCUT2D eigenvalue weighted by atomic mass is 10.3. The molecule has 2 amide bonds. The fraction of sp³-hybridized carbons (Fsp3) is 0.417. The molecule has 0 aliphatic heterocycles. The summed E-state index contributed by atoms with van der Waals surface area (Å²) in [6.07, 6.45) is 0.441. The third kappa shape index (κ3) is 5.24. The SMILES string of the molecule is O=C(Nc1cc(Cl)ccc1Cl)N(CCO)CCCO. The molecule has 0 atom stereocenters. The van der Waals surface area contributed by atoms with E-state index in [2.05, 4.69) is 5.32 Å². The molecule has 5 nitrogen and oxygen atoms in total. The van der Waals surface area contributed by atoms with Gasteiger partial charge < -0.3 is 20.4 Å². The Kier molecular flexibility index (Phi) is 6.94. The number of halogens is 2. The second-order valence-electron chi connectivity index (χ2n) is 3.84. The highest BCUT2D eigenvalue weighted by molar-refractivity contribution is 6.35. The van der Waals surface area contributed by atoms with Gasteiger partial charge in [-0.2, -0.15) is 0 Å². The van der Waals surface area contributed by atoms with Gasteiger partial charge in [0.2, 0.25) is 0 Å². The predicted octanol–water partition coefficient (Wildman–Crippen LogP) is 2.20. The van der Waals surface area contributed by atoms with E-state index in [4.69, 9.17) is 33.4 Å². The van der Waals surface area contributed by atoms with Crippen molar-refractivity contribution in [1.29, 1.82) is 0 Å². The zero-order chi connectivity index (χ0) is 14.3. The molecule has 0 saturated heterocycles. The molecule has 0 spiro atoms. The van der Waals surface area contributed by atoms with E-state index in [1.165, 1.54) is 4.90 Å². The molecular formula is C12H16Cl2N2O3. The predicted molar refractivity (Wildman–Crippen MR) is 75.8 cm³/mol. The summed E-state index contributed by atoms with van der Waals surface area (Å²) in [6, 6.07) is 4.36. The quantitative estimate of drug-likeness (QED) is 0.754. The maximum absolute atomic E-state index is 12.0. The van der Waals surface area contributed by atoms with Crippen LogP contribution in [0.3, 0.4) is 0 Å². The normalized spacial score (nSPS) is 10.3. The number of hydrogen-bond donors (Lipinski definition) is 3. The standard InChI is InChI=1S/C12H16Cl2N2O3/c13-9-2-3-10(14)11(8-9)15-12(19)16(5-7-18)4-1-6-17/h2-3,8,17-18H,1,4-7H2,(H,15,19). The third-order valence-electron chi connectivity index (χ3n) is 2.41. The number of nitrogens with zero attached hydrogens (tertiary/aromatic N) is 1. The Hall–Kier alpha value is -1.01. The van der Waals surface area contributed by atoms with Gasteiger partial charge in [-0.05, 0) is 24.6 Å². The number of benzene rings is 1. The van der Waals surface area contributed by atoms with Gasteiger partial charge in [-0.1, -0.05) is 23.2 Å². The molecule has 0 radical (unpaired) electrons. The van der Waals surface area contributed by atoms with Gasteiger partial charge in [0.15, 0.2) is 0 Å². The highest BCUT2D eigenvalue weighted by atomic mass is 35.5. The maximum atomic E-state index is 12.0. The number of anilines is 1. The molecule has 0 saturated carbocycles. The first-order valence-electron chi connectivity index (χ1n) is 5.81. The van der Waals surface area contributed by atoms with Crippen molar-refractivity contribution in [2.24, 2.45) is 0 Å². The van der Waals surface area contributed by atoms with E-state index in [0.29, 0.717) is 28.7 Å². The van der Waals surface area contributed by atoms with Crippen molar-refractivity contribution in [2.75, 3.05) is 31.6 Å². The highest BCUT2D eigenvalue weighted by Crippen LogP contribution is 2.25. The molecule has 0 aliphatic carbocycles. The van der Waals surface area contributed by atoms with Crippen molar-refractivity contribution in [3.05, 3.63) is 28.2 Å². The lowest BCUT2D eigenvalue weighted by Crippen LogP contribution is -2.38. The minimum atomic E-state index is -0.397. The smallest absolute Gasteiger partial charge is 0.321 e. The van der Waals surface area contributed by atoms with Crippen LogP contribution in [0.4, 0.5) is 10.5 Å². The van der Waals surface area contributed by atoms with Crippen LogP contribution in [-0.4, -0.2) is 47.4 Å². The molecule has 1 rings (SSSR count). The van der Waals surface area contributed by atoms with Crippen molar-refractivity contribution < 1.29 is 15.0 Å². The lowest BCUT2D eigenvalue weighted by molar-refractivity contribution is 0.180. The summed E-state index contributed by atoms with van der Waals surface area (Å²) in [5.74, 6) is 0. The summed E-state index contributed by atoms with van der Waals surface area (Å²) in [6.45, 7) is 0.361. The Morgan fingerprint density at radius 3 is 2.58 bits per heavy atom. The average molecular weight is 307 g/mol. The van der Waals surface area contributed by atoms with Crippen molar-refractivity contribution >= 4 is 34.9 Å². The summed E-state index contributed by atoms with van der Waals surface area (Å²) in [4.78, 5) is 13.4. The fourth-order valence-corrected chi connectivity index (χ4v) is 1.82. The molecule has 0 fully saturated rings. The van der Waals surface area contributed by atoms with Gasteiger partial charge in [0.05, 0.1) is 17.3 Å². The van der Waals surface area contributed by atoms with E-state index in [-0.39, 0.29) is 19.8 Å². The van der Waals surface area contributed by atoms with Gasteiger partial charge >= 0.3 is 6.03 Å². The number of carbonyl (C=O) groups is 1. The summed E-state index contributed by atoms with van der Waals surface area (Å²) >= 11 is 11.8. The van der Waals surface area contributed by atoms with Gasteiger partial charge in [-0.15, -0.1) is 0 Å². The Bertz CT molecular complexity index is 429. The van der Waals surface area contributed by atoms with Crippen LogP contribution in [0.25, 0.3) is 0 Å². The van der Waals surface area contributed by atoms with E-state index >= 15 is 0 Å². The van der Waals surface area contributed by atoms with Crippen LogP contribution in [0, 0.1) is 0 Å². The Balaban J connectivity index is 2.71. The average Bonchev–Trinajstić information content (AvgIpc) is 2.38. The van der Waals surface area contributed by atoms with Crippen LogP contribution in [0.15, 0.2) is 18.2 Å². The number of amides is 2. The molecule has 0 aliphatic rings. The zero-order valence-electron chi connectivity index (χ0n) is 10.3. The van der Waals surface area contributed by atoms with Crippen LogP contribution in [0.1, 0.15) is 6.42 Å². The maximum Gasteiger partial charge on any atom is 0.321 e. The number of nitrogens with one attached hydrogen (secondary N) is 1. The van der Waals surface area contributed by atoms with E-state index < -0.39 is 6.03 Å². The molecule has 19 heavy (non-hydrogen) atoms. The first-order chi connectivity index (χ1) is 9.08. The van der Waals surface area contributed by atoms with Gasteiger partial charge in [-0.3, -0.25) is 0 Å². The number of urea groups is 1. The molecule has 1 aromatic carbocycles. The first-order valence-corrected chi connectivity index (χ1v) is 6.56. The van der Waals surface area contributed by atoms with E-state index in [1.54, 1.807) is 18.2 Å². The van der Waals surface area contributed by atoms with Gasteiger partial charge in [-0.25, -0.2) is 4.79 Å². The molecule has 0 aromatic heterocycles. The van der Waals surface area contributed by atoms with Crippen LogP contribution >= 0.6 is 23.2 Å². The minimum Gasteiger partial charge on any atom is -0.396 e. The number of hydrogen-bond acceptors (Lipinski definition) is 3. The lowest BCUT2D eigenvalue weighted by Gasteiger charge is -2.22. The molecule has 1 aromatic rings. The molecule has 0 heterocycles. The van der Waals surface area contributed by atoms with Gasteiger partial charge in [0.25, 0.3) is 0 Å². The van der Waals surface area contributed by atoms with Crippen LogP contribution < -0.4 is 5.32 Å². The molecule has 106 valence electrons. The topological polar surface area (TPSA) is 72.8 Å². The number of aliphatic hydroxyl groups excluding tert-OH is 2. The number of aliphatic hydroxyl groups is 2. The van der Waals surface area contributed by atoms with Crippen LogP contribution in [0.5, 0.6) is 0 Å². The summed E-state index contributed by atoms with van der Waals surface area (Å²) in [5.41, 5.74) is 0.408. The Morgan fingerprint density at radius 2 is 1.95 bits per heavy atom. The largest absolute Gasteiger partial charge is 0.396 e. The zero-order valence-corrected chi connectivity index (χ0v) is 11.8. The van der Waals surface area contributed by atoms with Gasteiger partial charge in [0, 0.05) is 24.7 Å². The van der Waals surface area contributed by atoms with Crippen molar-refractivity contribution in [3.63, 3.8) is 0 Å². The van der Waals surface area contributed by atoms with Crippen molar-refractivity contribution in [1.82, 2.24) is 4.90 Å². The molecular weight excluding hydrogens is 291 g/mol. The molecule has 7 heteroatoms. The van der Waals surface area contributed by atoms with E-state index in [0.717, 1.165) is 0 Å². The number of carbonyl (C=O) groups excluding carboxylic acids is 1. The number of rotatable bonds is 6. The molecule has 3 N–H and O–H groups in total. The summed E-state index contributed by atoms with van der Waals surface area (Å²) < 4.78 is 0. The Labute approximate surface area is 121 Å². The van der Waals surface area contributed by atoms with Crippen molar-refractivity contribution in [2.45, 2.75) is 6.42 Å². The summed E-state index contributed by atoms with van der Waals surface area (Å²) in [5, 5.41) is 21.2. The van der Waals surface area contributed by atoms with E-state index in [9.17, 15) is 4.79 Å². The van der Waals surface area contributed by atoms with E-state index in [1.807, 2.05) is 0 Å². The highest BCUT2D eigenvalue weighted by Gasteiger charge is 2.14.